The van der Waals surface area contributed by atoms with E-state index in [0.29, 0.717) is 0 Å². The maximum Gasteiger partial charge on any atom is 0.314 e. The van der Waals surface area contributed by atoms with Crippen LogP contribution in [0.15, 0.2) is 24.3 Å². The number of rotatable bonds is 7. The van der Waals surface area contributed by atoms with Crippen LogP contribution in [0.1, 0.15) is 20.3 Å². The number of carboxylic acid groups (broad SMARTS) is 1. The smallest absolute Gasteiger partial charge is 0.314 e. The lowest BCUT2D eigenvalue weighted by molar-refractivity contribution is -0.145. The molecule has 0 aromatic carbocycles. The standard InChI is InChI=1S/C12H14O5/c1-7(8(2)13)11(15)6-4-5-10(9(3)14)12(16)17/h4,6,10H,1,5H2,2-3H3,(H,16,17). The first-order valence-electron chi connectivity index (χ1n) is 4.91. The molecular formula is C12H14O5. The lowest BCUT2D eigenvalue weighted by atomic mass is 10.0. The van der Waals surface area contributed by atoms with Crippen molar-refractivity contribution in [2.75, 3.05) is 0 Å². The zero-order valence-electron chi connectivity index (χ0n) is 9.73. The summed E-state index contributed by atoms with van der Waals surface area (Å²) < 4.78 is 0. The highest BCUT2D eigenvalue weighted by Crippen LogP contribution is 2.07. The first-order chi connectivity index (χ1) is 7.77. The van der Waals surface area contributed by atoms with Crippen LogP contribution in [0.4, 0.5) is 0 Å². The van der Waals surface area contributed by atoms with E-state index < -0.39 is 29.2 Å². The van der Waals surface area contributed by atoms with Crippen LogP contribution in [0.2, 0.25) is 0 Å². The summed E-state index contributed by atoms with van der Waals surface area (Å²) in [6.45, 7) is 5.67. The van der Waals surface area contributed by atoms with Gasteiger partial charge in [0, 0.05) is 0 Å². The maximum atomic E-state index is 11.3. The second-order valence-corrected chi connectivity index (χ2v) is 3.54. The Morgan fingerprint density at radius 3 is 2.12 bits per heavy atom. The third-order valence-electron chi connectivity index (χ3n) is 2.15. The van der Waals surface area contributed by atoms with Crippen LogP contribution in [-0.4, -0.2) is 28.4 Å². The normalized spacial score (nSPS) is 12.1. The molecule has 0 saturated heterocycles. The molecule has 0 aromatic rings. The number of hydrogen-bond donors (Lipinski definition) is 1. The quantitative estimate of drug-likeness (QED) is 0.405. The summed E-state index contributed by atoms with van der Waals surface area (Å²) in [7, 11) is 0. The summed E-state index contributed by atoms with van der Waals surface area (Å²) in [5.74, 6) is -3.91. The van der Waals surface area contributed by atoms with Crippen molar-refractivity contribution in [2.45, 2.75) is 20.3 Å². The molecule has 0 heterocycles. The van der Waals surface area contributed by atoms with Crippen LogP contribution < -0.4 is 0 Å². The van der Waals surface area contributed by atoms with Gasteiger partial charge in [-0.25, -0.2) is 0 Å². The molecule has 0 radical (unpaired) electrons. The van der Waals surface area contributed by atoms with E-state index in [1.165, 1.54) is 19.9 Å². The Labute approximate surface area is 98.8 Å². The topological polar surface area (TPSA) is 88.5 Å². The van der Waals surface area contributed by atoms with E-state index in [4.69, 9.17) is 5.11 Å². The van der Waals surface area contributed by atoms with Crippen molar-refractivity contribution < 1.29 is 24.3 Å². The van der Waals surface area contributed by atoms with Gasteiger partial charge in [0.15, 0.2) is 11.6 Å². The predicted octanol–water partition coefficient (Wildman–Crippen LogP) is 0.937. The minimum absolute atomic E-state index is 0.0818. The molecule has 17 heavy (non-hydrogen) atoms. The number of allylic oxidation sites excluding steroid dienone is 3. The molecule has 0 rings (SSSR count). The Bertz CT molecular complexity index is 389. The molecule has 1 unspecified atom stereocenters. The molecule has 5 heteroatoms. The van der Waals surface area contributed by atoms with Crippen molar-refractivity contribution in [1.29, 1.82) is 0 Å². The second kappa shape index (κ2) is 6.52. The minimum Gasteiger partial charge on any atom is -0.481 e. The Hall–Kier alpha value is -2.04. The van der Waals surface area contributed by atoms with Crippen LogP contribution in [0.25, 0.3) is 0 Å². The highest BCUT2D eigenvalue weighted by Gasteiger charge is 2.20. The summed E-state index contributed by atoms with van der Waals surface area (Å²) in [5, 5.41) is 8.69. The lowest BCUT2D eigenvalue weighted by Gasteiger charge is -2.04. The zero-order valence-corrected chi connectivity index (χ0v) is 9.73. The Kier molecular flexibility index (Phi) is 5.74. The van der Waals surface area contributed by atoms with Crippen molar-refractivity contribution in [3.63, 3.8) is 0 Å². The molecular weight excluding hydrogens is 224 g/mol. The van der Waals surface area contributed by atoms with Gasteiger partial charge in [-0.3, -0.25) is 19.2 Å². The van der Waals surface area contributed by atoms with Crippen molar-refractivity contribution in [3.8, 4) is 0 Å². The molecule has 0 bridgehead atoms. The number of carbonyl (C=O) groups is 4. The summed E-state index contributed by atoms with van der Waals surface area (Å²) in [6.07, 6.45) is 2.24. The highest BCUT2D eigenvalue weighted by molar-refractivity contribution is 6.22. The second-order valence-electron chi connectivity index (χ2n) is 3.54. The van der Waals surface area contributed by atoms with Gasteiger partial charge in [0.1, 0.15) is 11.7 Å². The van der Waals surface area contributed by atoms with E-state index in [0.717, 1.165) is 6.08 Å². The highest BCUT2D eigenvalue weighted by atomic mass is 16.4. The van der Waals surface area contributed by atoms with Gasteiger partial charge in [0.2, 0.25) is 0 Å². The first-order valence-corrected chi connectivity index (χ1v) is 4.91. The van der Waals surface area contributed by atoms with E-state index in [2.05, 4.69) is 6.58 Å². The molecule has 1 atom stereocenters. The predicted molar refractivity (Wildman–Crippen MR) is 60.4 cm³/mol. The van der Waals surface area contributed by atoms with Crippen LogP contribution >= 0.6 is 0 Å². The molecule has 0 fully saturated rings. The fourth-order valence-corrected chi connectivity index (χ4v) is 1.03. The lowest BCUT2D eigenvalue weighted by Crippen LogP contribution is -2.20. The Balaban J connectivity index is 4.51. The third-order valence-corrected chi connectivity index (χ3v) is 2.15. The van der Waals surface area contributed by atoms with Crippen LogP contribution in [0, 0.1) is 5.92 Å². The van der Waals surface area contributed by atoms with E-state index >= 15 is 0 Å². The van der Waals surface area contributed by atoms with E-state index in [-0.39, 0.29) is 12.0 Å². The summed E-state index contributed by atoms with van der Waals surface area (Å²) >= 11 is 0. The number of carbonyl (C=O) groups excluding carboxylic acids is 3. The van der Waals surface area contributed by atoms with Crippen molar-refractivity contribution >= 4 is 23.3 Å². The number of ketones is 3. The molecule has 0 spiro atoms. The fourth-order valence-electron chi connectivity index (χ4n) is 1.03. The molecule has 0 aromatic heterocycles. The SMILES string of the molecule is C=C(C(C)=O)C(=O)C=CCC(C(C)=O)C(=O)O. The fraction of sp³-hybridized carbons (Fsp3) is 0.333. The molecule has 92 valence electrons. The maximum absolute atomic E-state index is 11.3. The molecule has 0 aliphatic rings. The first kappa shape index (κ1) is 15.0. The van der Waals surface area contributed by atoms with Crippen molar-refractivity contribution in [1.82, 2.24) is 0 Å². The number of aliphatic carboxylic acids is 1. The zero-order chi connectivity index (χ0) is 13.6. The summed E-state index contributed by atoms with van der Waals surface area (Å²) in [5.41, 5.74) is -0.170. The van der Waals surface area contributed by atoms with Crippen LogP contribution in [0.3, 0.4) is 0 Å². The monoisotopic (exact) mass is 238 g/mol. The molecule has 5 nitrogen and oxygen atoms in total. The largest absolute Gasteiger partial charge is 0.481 e. The Morgan fingerprint density at radius 2 is 1.76 bits per heavy atom. The molecule has 0 aliphatic heterocycles. The van der Waals surface area contributed by atoms with Crippen molar-refractivity contribution in [2.24, 2.45) is 5.92 Å². The number of hydrogen-bond acceptors (Lipinski definition) is 4. The van der Waals surface area contributed by atoms with Crippen molar-refractivity contribution in [3.05, 3.63) is 24.3 Å². The van der Waals surface area contributed by atoms with Gasteiger partial charge in [-0.1, -0.05) is 12.7 Å². The summed E-state index contributed by atoms with van der Waals surface area (Å²) in [4.78, 5) is 43.6. The van der Waals surface area contributed by atoms with Crippen LogP contribution in [-0.2, 0) is 19.2 Å². The molecule has 1 N–H and O–H groups in total. The van der Waals surface area contributed by atoms with E-state index in [1.807, 2.05) is 0 Å². The van der Waals surface area contributed by atoms with Gasteiger partial charge >= 0.3 is 5.97 Å². The van der Waals surface area contributed by atoms with Gasteiger partial charge in [0.25, 0.3) is 0 Å². The molecule has 0 amide bonds. The number of carboxylic acids is 1. The van der Waals surface area contributed by atoms with E-state index in [9.17, 15) is 19.2 Å². The average molecular weight is 238 g/mol. The number of Topliss-reactive ketones (excluding diaryl/α,β-unsaturated/α-hetero) is 2. The molecule has 0 aliphatic carbocycles. The van der Waals surface area contributed by atoms with Crippen LogP contribution in [0.5, 0.6) is 0 Å². The Morgan fingerprint density at radius 1 is 1.24 bits per heavy atom. The minimum atomic E-state index is -1.24. The average Bonchev–Trinajstić information content (AvgIpc) is 2.21. The van der Waals surface area contributed by atoms with Gasteiger partial charge in [-0.15, -0.1) is 0 Å². The van der Waals surface area contributed by atoms with Gasteiger partial charge in [-0.2, -0.15) is 0 Å². The van der Waals surface area contributed by atoms with Gasteiger partial charge < -0.3 is 5.11 Å². The third kappa shape index (κ3) is 5.01. The summed E-state index contributed by atoms with van der Waals surface area (Å²) in [6, 6.07) is 0. The van der Waals surface area contributed by atoms with E-state index in [1.54, 1.807) is 0 Å². The van der Waals surface area contributed by atoms with Gasteiger partial charge in [-0.05, 0) is 26.3 Å². The molecule has 0 saturated carbocycles. The van der Waals surface area contributed by atoms with Gasteiger partial charge in [0.05, 0.1) is 5.57 Å².